The number of carbonyl (C=O) groups excluding carboxylic acids is 3. The lowest BCUT2D eigenvalue weighted by Crippen LogP contribution is -2.30. The molecule has 0 N–H and O–H groups in total. The fourth-order valence-corrected chi connectivity index (χ4v) is 8.39. The lowest BCUT2D eigenvalue weighted by Gasteiger charge is -2.18. The van der Waals surface area contributed by atoms with Gasteiger partial charge in [-0.05, 0) is 109 Å². The van der Waals surface area contributed by atoms with Crippen LogP contribution in [0.25, 0.3) is 0 Å². The summed E-state index contributed by atoms with van der Waals surface area (Å²) in [6.45, 7) is 6.48. The molecule has 0 amide bonds. The Hall–Kier alpha value is -3.93. The minimum absolute atomic E-state index is 0.0953. The first-order chi connectivity index (χ1) is 36.5. The molecular weight excluding hydrogens is 913 g/mol. The van der Waals surface area contributed by atoms with E-state index in [1.54, 1.807) is 0 Å². The van der Waals surface area contributed by atoms with Crippen molar-refractivity contribution in [1.82, 2.24) is 0 Å². The summed E-state index contributed by atoms with van der Waals surface area (Å²) in [6.07, 6.45) is 83.7. The molecule has 0 aromatic rings. The molecule has 74 heavy (non-hydrogen) atoms. The van der Waals surface area contributed by atoms with E-state index in [0.717, 1.165) is 135 Å². The van der Waals surface area contributed by atoms with Gasteiger partial charge in [-0.15, -0.1) is 0 Å². The molecule has 422 valence electrons. The van der Waals surface area contributed by atoms with Crippen LogP contribution in [-0.4, -0.2) is 37.2 Å². The Morgan fingerprint density at radius 3 is 0.865 bits per heavy atom. The third-order valence-corrected chi connectivity index (χ3v) is 13.0. The first-order valence-corrected chi connectivity index (χ1v) is 30.9. The molecule has 1 atom stereocenters. The van der Waals surface area contributed by atoms with Crippen molar-refractivity contribution in [2.45, 2.75) is 290 Å². The molecule has 1 unspecified atom stereocenters. The largest absolute Gasteiger partial charge is 0.462 e. The number of allylic oxidation sites excluding steroid dienone is 18. The molecule has 0 aromatic carbocycles. The summed E-state index contributed by atoms with van der Waals surface area (Å²) in [5.41, 5.74) is 0. The number of carbonyl (C=O) groups is 3. The lowest BCUT2D eigenvalue weighted by atomic mass is 10.0. The van der Waals surface area contributed by atoms with Gasteiger partial charge in [0, 0.05) is 19.3 Å². The van der Waals surface area contributed by atoms with Crippen LogP contribution >= 0.6 is 0 Å². The Labute approximate surface area is 457 Å². The van der Waals surface area contributed by atoms with Crippen molar-refractivity contribution in [2.24, 2.45) is 0 Å². The molecule has 0 saturated heterocycles. The van der Waals surface area contributed by atoms with E-state index in [9.17, 15) is 14.4 Å². The minimum Gasteiger partial charge on any atom is -0.462 e. The van der Waals surface area contributed by atoms with E-state index in [2.05, 4.69) is 130 Å². The van der Waals surface area contributed by atoms with Gasteiger partial charge in [-0.25, -0.2) is 0 Å². The fraction of sp³-hybridized carbons (Fsp3) is 0.691. The van der Waals surface area contributed by atoms with Crippen LogP contribution in [0.5, 0.6) is 0 Å². The van der Waals surface area contributed by atoms with E-state index in [1.807, 2.05) is 0 Å². The Morgan fingerprint density at radius 1 is 0.284 bits per heavy atom. The summed E-state index contributed by atoms with van der Waals surface area (Å²) in [5, 5.41) is 0. The van der Waals surface area contributed by atoms with Crippen LogP contribution in [0.15, 0.2) is 109 Å². The summed E-state index contributed by atoms with van der Waals surface area (Å²) < 4.78 is 16.9. The number of unbranched alkanes of at least 4 members (excludes halogenated alkanes) is 26. The average Bonchev–Trinajstić information content (AvgIpc) is 3.40. The van der Waals surface area contributed by atoms with E-state index >= 15 is 0 Å². The van der Waals surface area contributed by atoms with Gasteiger partial charge in [-0.1, -0.05) is 265 Å². The summed E-state index contributed by atoms with van der Waals surface area (Å²) in [4.78, 5) is 38.3. The van der Waals surface area contributed by atoms with Gasteiger partial charge in [-0.2, -0.15) is 0 Å². The first kappa shape index (κ1) is 70.1. The van der Waals surface area contributed by atoms with Crippen molar-refractivity contribution in [3.05, 3.63) is 109 Å². The van der Waals surface area contributed by atoms with Gasteiger partial charge >= 0.3 is 17.9 Å². The first-order valence-electron chi connectivity index (χ1n) is 30.9. The van der Waals surface area contributed by atoms with Gasteiger partial charge < -0.3 is 14.2 Å². The maximum absolute atomic E-state index is 12.9. The van der Waals surface area contributed by atoms with Gasteiger partial charge in [0.1, 0.15) is 13.2 Å². The predicted molar refractivity (Wildman–Crippen MR) is 320 cm³/mol. The Kier molecular flexibility index (Phi) is 58.3. The zero-order chi connectivity index (χ0) is 53.6. The summed E-state index contributed by atoms with van der Waals surface area (Å²) in [6, 6.07) is 0. The monoisotopic (exact) mass is 1030 g/mol. The van der Waals surface area contributed by atoms with E-state index < -0.39 is 6.10 Å². The van der Waals surface area contributed by atoms with Crippen LogP contribution in [0.1, 0.15) is 284 Å². The van der Waals surface area contributed by atoms with Crippen molar-refractivity contribution < 1.29 is 28.6 Å². The zero-order valence-electron chi connectivity index (χ0n) is 48.3. The van der Waals surface area contributed by atoms with Crippen molar-refractivity contribution in [3.63, 3.8) is 0 Å². The molecule has 0 spiro atoms. The Bertz CT molecular complexity index is 1510. The standard InChI is InChI=1S/C68H114O6/c1-4-7-10-13-16-19-22-25-28-30-31-32-33-34-35-36-37-38-41-43-46-49-52-55-58-61-67(70)73-64-65(63-72-66(69)60-57-54-51-48-45-42-39-27-24-21-18-15-12-9-6-3)74-68(71)62-59-56-53-50-47-44-40-29-26-23-20-17-14-11-8-5-2/h7,10,16,18-19,21,25,27-28,31-32,34-35,37-39,43,46,65H,4-6,8-9,11-15,17,20,22-24,26,29-30,33,36,40-42,44-45,47-64H2,1-3H3/b10-7-,19-16-,21-18-,28-25-,32-31-,35-34-,38-37-,39-27-,46-43-. The number of esters is 3. The van der Waals surface area contributed by atoms with Crippen LogP contribution in [-0.2, 0) is 28.6 Å². The maximum Gasteiger partial charge on any atom is 0.306 e. The topological polar surface area (TPSA) is 78.9 Å². The Morgan fingerprint density at radius 2 is 0.527 bits per heavy atom. The smallest absolute Gasteiger partial charge is 0.306 e. The molecule has 0 fully saturated rings. The highest BCUT2D eigenvalue weighted by molar-refractivity contribution is 5.71. The second-order valence-corrected chi connectivity index (χ2v) is 20.2. The van der Waals surface area contributed by atoms with E-state index in [-0.39, 0.29) is 31.1 Å². The Balaban J connectivity index is 4.44. The molecule has 0 bridgehead atoms. The minimum atomic E-state index is -0.799. The molecule has 0 rings (SSSR count). The maximum atomic E-state index is 12.9. The van der Waals surface area contributed by atoms with Gasteiger partial charge in [0.2, 0.25) is 0 Å². The summed E-state index contributed by atoms with van der Waals surface area (Å²) in [5.74, 6) is -0.934. The normalized spacial score (nSPS) is 12.9. The highest BCUT2D eigenvalue weighted by Gasteiger charge is 2.19. The highest BCUT2D eigenvalue weighted by Crippen LogP contribution is 2.16. The number of hydrogen-bond donors (Lipinski definition) is 0. The molecule has 0 radical (unpaired) electrons. The van der Waals surface area contributed by atoms with Crippen LogP contribution in [0.3, 0.4) is 0 Å². The molecule has 0 heterocycles. The van der Waals surface area contributed by atoms with Crippen molar-refractivity contribution in [1.29, 1.82) is 0 Å². The second-order valence-electron chi connectivity index (χ2n) is 20.2. The SMILES string of the molecule is CC/C=C\C/C=C\C/C=C\C/C=C\C/C=C\C/C=C\C/C=C\CCCCCC(=O)OCC(COC(=O)CCCCCCC/C=C\C/C=C\CCCCC)OC(=O)CCCCCCCCCCCCCCCCCC. The van der Waals surface area contributed by atoms with Gasteiger partial charge in [0.15, 0.2) is 6.10 Å². The quantitative estimate of drug-likeness (QED) is 0.0261. The van der Waals surface area contributed by atoms with E-state index in [4.69, 9.17) is 14.2 Å². The molecule has 0 aliphatic carbocycles. The number of rotatable bonds is 55. The van der Waals surface area contributed by atoms with Gasteiger partial charge in [0.05, 0.1) is 0 Å². The van der Waals surface area contributed by atoms with Crippen molar-refractivity contribution >= 4 is 17.9 Å². The predicted octanol–water partition coefficient (Wildman–Crippen LogP) is 21.0. The average molecular weight is 1030 g/mol. The van der Waals surface area contributed by atoms with Crippen LogP contribution in [0.2, 0.25) is 0 Å². The second kappa shape index (κ2) is 61.6. The third kappa shape index (κ3) is 59.0. The van der Waals surface area contributed by atoms with Crippen LogP contribution in [0, 0.1) is 0 Å². The number of ether oxygens (including phenoxy) is 3. The van der Waals surface area contributed by atoms with Gasteiger partial charge in [-0.3, -0.25) is 14.4 Å². The molecule has 6 nitrogen and oxygen atoms in total. The van der Waals surface area contributed by atoms with Crippen molar-refractivity contribution in [2.75, 3.05) is 13.2 Å². The third-order valence-electron chi connectivity index (χ3n) is 13.0. The van der Waals surface area contributed by atoms with Crippen LogP contribution < -0.4 is 0 Å². The summed E-state index contributed by atoms with van der Waals surface area (Å²) >= 11 is 0. The molecule has 0 aliphatic rings. The molecule has 0 aliphatic heterocycles. The highest BCUT2D eigenvalue weighted by atomic mass is 16.6. The van der Waals surface area contributed by atoms with Gasteiger partial charge in [0.25, 0.3) is 0 Å². The molecule has 0 saturated carbocycles. The molecule has 6 heteroatoms. The molecule has 0 aromatic heterocycles. The van der Waals surface area contributed by atoms with Crippen molar-refractivity contribution in [3.8, 4) is 0 Å². The van der Waals surface area contributed by atoms with E-state index in [1.165, 1.54) is 109 Å². The molecular formula is C68H114O6. The zero-order valence-corrected chi connectivity index (χ0v) is 48.3. The summed E-state index contributed by atoms with van der Waals surface area (Å²) in [7, 11) is 0. The lowest BCUT2D eigenvalue weighted by molar-refractivity contribution is -0.167. The number of hydrogen-bond acceptors (Lipinski definition) is 6. The fourth-order valence-electron chi connectivity index (χ4n) is 8.39. The van der Waals surface area contributed by atoms with E-state index in [0.29, 0.717) is 19.3 Å². The van der Waals surface area contributed by atoms with Crippen LogP contribution in [0.4, 0.5) is 0 Å².